The maximum atomic E-state index is 10.9. The first-order chi connectivity index (χ1) is 8.09. The zero-order valence-electron chi connectivity index (χ0n) is 10.3. The fourth-order valence-corrected chi connectivity index (χ4v) is 2.41. The summed E-state index contributed by atoms with van der Waals surface area (Å²) in [5.74, 6) is 0.263. The minimum absolute atomic E-state index is 0.0873. The van der Waals surface area contributed by atoms with E-state index in [1.54, 1.807) is 0 Å². The molecule has 92 valence electrons. The first-order valence-electron chi connectivity index (χ1n) is 6.04. The molecule has 0 bridgehead atoms. The van der Waals surface area contributed by atoms with Crippen molar-refractivity contribution in [2.24, 2.45) is 0 Å². The maximum Gasteiger partial charge on any atom is 0.303 e. The minimum Gasteiger partial charge on any atom is -0.493 e. The summed E-state index contributed by atoms with van der Waals surface area (Å²) in [5.41, 5.74) is 3.40. The lowest BCUT2D eigenvalue weighted by Gasteiger charge is -2.17. The van der Waals surface area contributed by atoms with E-state index in [2.05, 4.69) is 13.0 Å². The van der Waals surface area contributed by atoms with Crippen LogP contribution in [-0.2, 0) is 4.79 Å². The number of benzene rings is 1. The third-order valence-corrected chi connectivity index (χ3v) is 3.51. The number of hydrogen-bond acceptors (Lipinski definition) is 2. The van der Waals surface area contributed by atoms with E-state index in [-0.39, 0.29) is 12.3 Å². The minimum atomic E-state index is -0.735. The average molecular weight is 234 g/mol. The molecule has 1 aromatic carbocycles. The fourth-order valence-electron chi connectivity index (χ4n) is 2.41. The second-order valence-corrected chi connectivity index (χ2v) is 4.71. The Morgan fingerprint density at radius 3 is 2.94 bits per heavy atom. The molecule has 1 N–H and O–H groups in total. The summed E-state index contributed by atoms with van der Waals surface area (Å²) in [5, 5.41) is 8.97. The number of aryl methyl sites for hydroxylation is 1. The van der Waals surface area contributed by atoms with Gasteiger partial charge >= 0.3 is 5.97 Å². The van der Waals surface area contributed by atoms with Crippen molar-refractivity contribution in [1.29, 1.82) is 0 Å². The Balaban J connectivity index is 2.42. The van der Waals surface area contributed by atoms with Gasteiger partial charge in [-0.1, -0.05) is 12.1 Å². The van der Waals surface area contributed by atoms with Gasteiger partial charge in [-0.25, -0.2) is 0 Å². The van der Waals surface area contributed by atoms with E-state index in [9.17, 15) is 4.79 Å². The van der Waals surface area contributed by atoms with Gasteiger partial charge in [0.15, 0.2) is 0 Å². The Morgan fingerprint density at radius 2 is 2.24 bits per heavy atom. The van der Waals surface area contributed by atoms with E-state index in [4.69, 9.17) is 9.84 Å². The molecule has 0 radical (unpaired) electrons. The highest BCUT2D eigenvalue weighted by atomic mass is 16.5. The third-order valence-electron chi connectivity index (χ3n) is 3.51. The first-order valence-corrected chi connectivity index (χ1v) is 6.04. The number of aliphatic carboxylic acids is 1. The number of carboxylic acid groups (broad SMARTS) is 1. The highest BCUT2D eigenvalue weighted by Gasteiger charge is 2.23. The molecule has 1 aliphatic heterocycles. The average Bonchev–Trinajstić information content (AvgIpc) is 2.46. The largest absolute Gasteiger partial charge is 0.493 e. The van der Waals surface area contributed by atoms with Crippen molar-refractivity contribution < 1.29 is 14.6 Å². The second-order valence-electron chi connectivity index (χ2n) is 4.71. The third kappa shape index (κ3) is 2.43. The summed E-state index contributed by atoms with van der Waals surface area (Å²) in [6.45, 7) is 4.78. The lowest BCUT2D eigenvalue weighted by Crippen LogP contribution is -2.06. The zero-order chi connectivity index (χ0) is 12.4. The predicted molar refractivity (Wildman–Crippen MR) is 65.6 cm³/mol. The van der Waals surface area contributed by atoms with Crippen LogP contribution in [0.5, 0.6) is 5.75 Å². The molecule has 1 aromatic rings. The summed E-state index contributed by atoms with van der Waals surface area (Å²) >= 11 is 0. The molecule has 2 rings (SSSR count). The predicted octanol–water partition coefficient (Wildman–Crippen LogP) is 3.03. The summed E-state index contributed by atoms with van der Waals surface area (Å²) in [6.07, 6.45) is 2.01. The van der Waals surface area contributed by atoms with Gasteiger partial charge in [-0.3, -0.25) is 4.79 Å². The van der Waals surface area contributed by atoms with Crippen molar-refractivity contribution in [3.63, 3.8) is 0 Å². The van der Waals surface area contributed by atoms with Crippen molar-refractivity contribution in [2.45, 2.75) is 39.0 Å². The van der Waals surface area contributed by atoms with Gasteiger partial charge in [-0.05, 0) is 49.3 Å². The SMILES string of the molecule is Cc1ccc2c(c1C)OCCCC2CC(=O)O. The van der Waals surface area contributed by atoms with Crippen molar-refractivity contribution >= 4 is 5.97 Å². The van der Waals surface area contributed by atoms with Gasteiger partial charge in [0, 0.05) is 0 Å². The first kappa shape index (κ1) is 12.0. The van der Waals surface area contributed by atoms with Crippen LogP contribution in [0.2, 0.25) is 0 Å². The Bertz CT molecular complexity index is 437. The van der Waals surface area contributed by atoms with Gasteiger partial charge in [0.05, 0.1) is 13.0 Å². The van der Waals surface area contributed by atoms with Gasteiger partial charge in [-0.2, -0.15) is 0 Å². The lowest BCUT2D eigenvalue weighted by molar-refractivity contribution is -0.137. The number of hydrogen-bond donors (Lipinski definition) is 1. The number of ether oxygens (including phenoxy) is 1. The van der Waals surface area contributed by atoms with E-state index in [1.807, 2.05) is 13.0 Å². The van der Waals surface area contributed by atoms with Crippen LogP contribution in [0.3, 0.4) is 0 Å². The molecule has 3 nitrogen and oxygen atoms in total. The maximum absolute atomic E-state index is 10.9. The quantitative estimate of drug-likeness (QED) is 0.855. The van der Waals surface area contributed by atoms with Gasteiger partial charge in [0.1, 0.15) is 5.75 Å². The molecule has 0 aromatic heterocycles. The fraction of sp³-hybridized carbons (Fsp3) is 0.500. The Kier molecular flexibility index (Phi) is 3.36. The van der Waals surface area contributed by atoms with Crippen molar-refractivity contribution in [3.05, 3.63) is 28.8 Å². The normalized spacial score (nSPS) is 19.1. The number of fused-ring (bicyclic) bond motifs is 1. The highest BCUT2D eigenvalue weighted by Crippen LogP contribution is 2.38. The van der Waals surface area contributed by atoms with Crippen LogP contribution in [0.25, 0.3) is 0 Å². The molecule has 1 heterocycles. The smallest absolute Gasteiger partial charge is 0.303 e. The Labute approximate surface area is 101 Å². The molecule has 0 saturated heterocycles. The molecule has 17 heavy (non-hydrogen) atoms. The van der Waals surface area contributed by atoms with Gasteiger partial charge in [-0.15, -0.1) is 0 Å². The molecule has 0 spiro atoms. The standard InChI is InChI=1S/C14H18O3/c1-9-5-6-12-11(8-13(15)16)4-3-7-17-14(12)10(9)2/h5-6,11H,3-4,7-8H2,1-2H3,(H,15,16). The number of carboxylic acids is 1. The summed E-state index contributed by atoms with van der Waals surface area (Å²) < 4.78 is 5.78. The van der Waals surface area contributed by atoms with Crippen molar-refractivity contribution in [1.82, 2.24) is 0 Å². The van der Waals surface area contributed by atoms with Crippen LogP contribution < -0.4 is 4.74 Å². The topological polar surface area (TPSA) is 46.5 Å². The Morgan fingerprint density at radius 1 is 1.47 bits per heavy atom. The van der Waals surface area contributed by atoms with Gasteiger partial charge < -0.3 is 9.84 Å². The molecular weight excluding hydrogens is 216 g/mol. The second kappa shape index (κ2) is 4.78. The molecule has 0 saturated carbocycles. The van der Waals surface area contributed by atoms with E-state index >= 15 is 0 Å². The van der Waals surface area contributed by atoms with E-state index in [1.165, 1.54) is 5.56 Å². The van der Waals surface area contributed by atoms with E-state index in [0.717, 1.165) is 29.7 Å². The van der Waals surface area contributed by atoms with Crippen LogP contribution in [0.1, 0.15) is 41.9 Å². The van der Waals surface area contributed by atoms with Crippen LogP contribution in [0.15, 0.2) is 12.1 Å². The molecule has 1 aliphatic rings. The molecule has 1 unspecified atom stereocenters. The molecule has 1 atom stereocenters. The number of carbonyl (C=O) groups is 1. The monoisotopic (exact) mass is 234 g/mol. The van der Waals surface area contributed by atoms with Crippen LogP contribution in [0, 0.1) is 13.8 Å². The van der Waals surface area contributed by atoms with Crippen molar-refractivity contribution in [3.8, 4) is 5.75 Å². The highest BCUT2D eigenvalue weighted by molar-refractivity contribution is 5.68. The van der Waals surface area contributed by atoms with Gasteiger partial charge in [0.2, 0.25) is 0 Å². The molecule has 3 heteroatoms. The summed E-state index contributed by atoms with van der Waals surface area (Å²) in [4.78, 5) is 10.9. The Hall–Kier alpha value is -1.51. The molecule has 0 aliphatic carbocycles. The van der Waals surface area contributed by atoms with Crippen LogP contribution in [0.4, 0.5) is 0 Å². The van der Waals surface area contributed by atoms with Crippen LogP contribution >= 0.6 is 0 Å². The lowest BCUT2D eigenvalue weighted by atomic mass is 9.89. The van der Waals surface area contributed by atoms with E-state index < -0.39 is 5.97 Å². The molecule has 0 fully saturated rings. The van der Waals surface area contributed by atoms with Crippen molar-refractivity contribution in [2.75, 3.05) is 6.61 Å². The summed E-state index contributed by atoms with van der Waals surface area (Å²) in [6, 6.07) is 4.08. The summed E-state index contributed by atoms with van der Waals surface area (Å²) in [7, 11) is 0. The molecular formula is C14H18O3. The zero-order valence-corrected chi connectivity index (χ0v) is 10.3. The number of rotatable bonds is 2. The molecule has 0 amide bonds. The van der Waals surface area contributed by atoms with Crippen LogP contribution in [-0.4, -0.2) is 17.7 Å². The van der Waals surface area contributed by atoms with Gasteiger partial charge in [0.25, 0.3) is 0 Å². The van der Waals surface area contributed by atoms with E-state index in [0.29, 0.717) is 6.61 Å².